The minimum absolute atomic E-state index is 0.0128. The predicted molar refractivity (Wildman–Crippen MR) is 110 cm³/mol. The Kier molecular flexibility index (Phi) is 5.31. The van der Waals surface area contributed by atoms with Gasteiger partial charge in [0.25, 0.3) is 5.91 Å². The summed E-state index contributed by atoms with van der Waals surface area (Å²) >= 11 is 0. The van der Waals surface area contributed by atoms with Gasteiger partial charge in [0.15, 0.2) is 5.82 Å². The number of aliphatic hydroxyl groups is 1. The number of anilines is 1. The van der Waals surface area contributed by atoms with E-state index < -0.39 is 28.5 Å². The van der Waals surface area contributed by atoms with Crippen molar-refractivity contribution in [1.82, 2.24) is 4.72 Å². The zero-order chi connectivity index (χ0) is 21.3. The van der Waals surface area contributed by atoms with Crippen molar-refractivity contribution in [3.05, 3.63) is 71.5 Å². The molecule has 0 atom stereocenters. The summed E-state index contributed by atoms with van der Waals surface area (Å²) in [4.78, 5) is 11.7. The molecule has 3 aromatic rings. The van der Waals surface area contributed by atoms with Crippen molar-refractivity contribution >= 4 is 32.6 Å². The van der Waals surface area contributed by atoms with Gasteiger partial charge < -0.3 is 9.84 Å². The van der Waals surface area contributed by atoms with Crippen molar-refractivity contribution in [2.45, 2.75) is 13.0 Å². The molecule has 0 radical (unpaired) electrons. The number of nitrogens with zero attached hydrogens (tertiary/aromatic N) is 1. The summed E-state index contributed by atoms with van der Waals surface area (Å²) in [7, 11) is -4.23. The average Bonchev–Trinajstić information content (AvgIpc) is 2.99. The number of halogens is 1. The first-order valence-corrected chi connectivity index (χ1v) is 10.7. The summed E-state index contributed by atoms with van der Waals surface area (Å²) in [5, 5.41) is 9.85. The first kappa shape index (κ1) is 20.1. The number of rotatable bonds is 6. The van der Waals surface area contributed by atoms with Crippen molar-refractivity contribution in [1.29, 1.82) is 0 Å². The van der Waals surface area contributed by atoms with Crippen molar-refractivity contribution in [2.24, 2.45) is 0 Å². The number of hydrogen-bond acceptors (Lipinski definition) is 5. The van der Waals surface area contributed by atoms with Gasteiger partial charge in [-0.1, -0.05) is 42.5 Å². The molecule has 1 fully saturated rings. The van der Waals surface area contributed by atoms with Crippen LogP contribution in [0.4, 0.5) is 10.1 Å². The SMILES string of the molecule is O=C1CN(c2c(OCc3ccccc3)cc3ccc(CCO)cc3c2F)S(=O)(=O)N1. The van der Waals surface area contributed by atoms with Crippen LogP contribution in [0.5, 0.6) is 5.75 Å². The van der Waals surface area contributed by atoms with E-state index in [2.05, 4.69) is 0 Å². The molecule has 1 amide bonds. The number of ether oxygens (including phenoxy) is 1. The van der Waals surface area contributed by atoms with Crippen LogP contribution in [0, 0.1) is 5.82 Å². The second-order valence-corrected chi connectivity index (χ2v) is 8.47. The van der Waals surface area contributed by atoms with Crippen molar-refractivity contribution in [3.8, 4) is 5.75 Å². The molecule has 0 aromatic heterocycles. The number of benzene rings is 3. The van der Waals surface area contributed by atoms with E-state index in [1.54, 1.807) is 24.3 Å². The molecule has 156 valence electrons. The third-order valence-corrected chi connectivity index (χ3v) is 6.17. The molecule has 1 saturated heterocycles. The molecule has 30 heavy (non-hydrogen) atoms. The lowest BCUT2D eigenvalue weighted by Gasteiger charge is -2.21. The number of carbonyl (C=O) groups excluding carboxylic acids is 1. The Morgan fingerprint density at radius 2 is 1.87 bits per heavy atom. The van der Waals surface area contributed by atoms with Gasteiger partial charge in [-0.3, -0.25) is 4.79 Å². The number of fused-ring (bicyclic) bond motifs is 1. The molecule has 4 rings (SSSR count). The molecular formula is C21H19FN2O5S. The molecule has 1 heterocycles. The van der Waals surface area contributed by atoms with Crippen LogP contribution in [-0.4, -0.2) is 32.6 Å². The van der Waals surface area contributed by atoms with Crippen molar-refractivity contribution < 1.29 is 27.4 Å². The van der Waals surface area contributed by atoms with E-state index in [-0.39, 0.29) is 30.0 Å². The summed E-state index contributed by atoms with van der Waals surface area (Å²) in [6, 6.07) is 15.7. The maximum atomic E-state index is 15.6. The number of carbonyl (C=O) groups is 1. The number of nitrogens with one attached hydrogen (secondary N) is 1. The summed E-state index contributed by atoms with van der Waals surface area (Å²) in [5.74, 6) is -1.55. The molecule has 0 aliphatic carbocycles. The van der Waals surface area contributed by atoms with Gasteiger partial charge in [0.1, 0.15) is 24.6 Å². The molecule has 2 N–H and O–H groups in total. The maximum absolute atomic E-state index is 15.6. The second-order valence-electron chi connectivity index (χ2n) is 6.88. The molecule has 7 nitrogen and oxygen atoms in total. The average molecular weight is 430 g/mol. The molecule has 1 aliphatic rings. The van der Waals surface area contributed by atoms with Gasteiger partial charge in [0.2, 0.25) is 0 Å². The van der Waals surface area contributed by atoms with Crippen LogP contribution in [0.25, 0.3) is 10.8 Å². The predicted octanol–water partition coefficient (Wildman–Crippen LogP) is 2.27. The second kappa shape index (κ2) is 7.92. The van der Waals surface area contributed by atoms with Gasteiger partial charge in [-0.25, -0.2) is 13.4 Å². The van der Waals surface area contributed by atoms with Gasteiger partial charge >= 0.3 is 10.2 Å². The lowest BCUT2D eigenvalue weighted by molar-refractivity contribution is -0.117. The molecule has 0 bridgehead atoms. The first-order chi connectivity index (χ1) is 14.4. The highest BCUT2D eigenvalue weighted by atomic mass is 32.2. The van der Waals surface area contributed by atoms with Crippen molar-refractivity contribution in [2.75, 3.05) is 17.5 Å². The summed E-state index contributed by atoms with van der Waals surface area (Å²) in [5.41, 5.74) is 1.20. The van der Waals surface area contributed by atoms with E-state index >= 15 is 4.39 Å². The molecule has 0 unspecified atom stereocenters. The minimum Gasteiger partial charge on any atom is -0.487 e. The normalized spacial score (nSPS) is 15.4. The maximum Gasteiger partial charge on any atom is 0.326 e. The Bertz CT molecular complexity index is 1220. The largest absolute Gasteiger partial charge is 0.487 e. The monoisotopic (exact) mass is 430 g/mol. The van der Waals surface area contributed by atoms with Gasteiger partial charge in [-0.2, -0.15) is 8.42 Å². The smallest absolute Gasteiger partial charge is 0.326 e. The molecule has 9 heteroatoms. The van der Waals surface area contributed by atoms with E-state index in [1.807, 2.05) is 35.1 Å². The quantitative estimate of drug-likeness (QED) is 0.626. The molecule has 0 saturated carbocycles. The van der Waals surface area contributed by atoms with E-state index in [1.165, 1.54) is 0 Å². The topological polar surface area (TPSA) is 95.9 Å². The third-order valence-electron chi connectivity index (χ3n) is 4.79. The van der Waals surface area contributed by atoms with E-state index in [9.17, 15) is 13.2 Å². The molecular weight excluding hydrogens is 411 g/mol. The zero-order valence-corrected chi connectivity index (χ0v) is 16.7. The standard InChI is InChI=1S/C21H19FN2O5S/c22-20-17-10-14(8-9-25)6-7-16(17)11-18(29-13-15-4-2-1-3-5-15)21(20)24-12-19(26)23-30(24,27)28/h1-7,10-11,25H,8-9,12-13H2,(H,23,26). The summed E-state index contributed by atoms with van der Waals surface area (Å²) < 4.78 is 48.7. The highest BCUT2D eigenvalue weighted by molar-refractivity contribution is 7.92. The Hall–Kier alpha value is -3.17. The molecule has 0 spiro atoms. The summed E-state index contributed by atoms with van der Waals surface area (Å²) in [6.07, 6.45) is 0.332. The number of hydrogen-bond donors (Lipinski definition) is 2. The van der Waals surface area contributed by atoms with Gasteiger partial charge in [-0.05, 0) is 35.1 Å². The lowest BCUT2D eigenvalue weighted by Crippen LogP contribution is -2.30. The Labute approximate surface area is 172 Å². The highest BCUT2D eigenvalue weighted by Gasteiger charge is 2.38. The fourth-order valence-corrected chi connectivity index (χ4v) is 4.53. The van der Waals surface area contributed by atoms with Crippen molar-refractivity contribution in [3.63, 3.8) is 0 Å². The first-order valence-electron chi connectivity index (χ1n) is 9.25. The minimum atomic E-state index is -4.23. The zero-order valence-electron chi connectivity index (χ0n) is 15.8. The fraction of sp³-hybridized carbons (Fsp3) is 0.190. The number of aliphatic hydroxyl groups excluding tert-OH is 1. The van der Waals surface area contributed by atoms with Crippen LogP contribution in [0.3, 0.4) is 0 Å². The van der Waals surface area contributed by atoms with E-state index in [0.29, 0.717) is 21.7 Å². The van der Waals surface area contributed by atoms with Crippen LogP contribution in [0.15, 0.2) is 54.6 Å². The molecule has 1 aliphatic heterocycles. The fourth-order valence-electron chi connectivity index (χ4n) is 3.37. The Morgan fingerprint density at radius 3 is 2.53 bits per heavy atom. The molecule has 3 aromatic carbocycles. The number of amides is 1. The van der Waals surface area contributed by atoms with E-state index in [4.69, 9.17) is 9.84 Å². The Balaban J connectivity index is 1.85. The highest BCUT2D eigenvalue weighted by Crippen LogP contribution is 2.39. The van der Waals surface area contributed by atoms with Gasteiger partial charge in [0, 0.05) is 12.0 Å². The Morgan fingerprint density at radius 1 is 1.10 bits per heavy atom. The van der Waals surface area contributed by atoms with Crippen LogP contribution in [0.2, 0.25) is 0 Å². The van der Waals surface area contributed by atoms with Crippen LogP contribution < -0.4 is 13.8 Å². The van der Waals surface area contributed by atoms with Crippen LogP contribution >= 0.6 is 0 Å². The van der Waals surface area contributed by atoms with Crippen LogP contribution in [-0.2, 0) is 28.0 Å². The third kappa shape index (κ3) is 3.81. The van der Waals surface area contributed by atoms with E-state index in [0.717, 1.165) is 5.56 Å². The summed E-state index contributed by atoms with van der Waals surface area (Å²) in [6.45, 7) is -0.545. The van der Waals surface area contributed by atoms with Gasteiger partial charge in [-0.15, -0.1) is 0 Å². The van der Waals surface area contributed by atoms with Crippen LogP contribution in [0.1, 0.15) is 11.1 Å². The lowest BCUT2D eigenvalue weighted by atomic mass is 10.0. The van der Waals surface area contributed by atoms with Gasteiger partial charge in [0.05, 0.1) is 0 Å².